The molecule has 226 valence electrons. The minimum Gasteiger partial charge on any atom is -0.497 e. The first-order valence-electron chi connectivity index (χ1n) is 14.0. The highest BCUT2D eigenvalue weighted by Gasteiger charge is 2.25. The van der Waals surface area contributed by atoms with Gasteiger partial charge in [0.2, 0.25) is 5.43 Å². The zero-order valence-corrected chi connectivity index (χ0v) is 25.8. The van der Waals surface area contributed by atoms with E-state index in [1.807, 2.05) is 83.4 Å². The van der Waals surface area contributed by atoms with Gasteiger partial charge in [0.1, 0.15) is 21.9 Å². The molecule has 3 aromatic carbocycles. The highest BCUT2D eigenvalue weighted by Crippen LogP contribution is 2.39. The molecule has 0 bridgehead atoms. The van der Waals surface area contributed by atoms with E-state index >= 15 is 0 Å². The van der Waals surface area contributed by atoms with Crippen LogP contribution in [0.15, 0.2) is 89.9 Å². The minimum atomic E-state index is -0.704. The predicted octanol–water partition coefficient (Wildman–Crippen LogP) is 6.32. The van der Waals surface area contributed by atoms with Crippen molar-refractivity contribution in [1.82, 2.24) is 9.88 Å². The lowest BCUT2D eigenvalue weighted by Gasteiger charge is -2.18. The van der Waals surface area contributed by atoms with Crippen LogP contribution in [0.4, 0.5) is 10.5 Å². The van der Waals surface area contributed by atoms with Crippen LogP contribution in [0.3, 0.4) is 0 Å². The molecule has 0 radical (unpaired) electrons. The van der Waals surface area contributed by atoms with E-state index in [4.69, 9.17) is 14.2 Å². The standard InChI is InChI=1S/C34H33N3O6S/c1-5-43-33(39)27-21-37(20-23-11-9-10-14-28(23)42-4)32-29(30(27)38)26(31(44-32)22-15-17-25(41-3)18-16-22)19-35-34(40)36(2)24-12-7-6-8-13-24/h6-18,21H,5,19-20H2,1-4H3,(H,35,40). The predicted molar refractivity (Wildman–Crippen MR) is 173 cm³/mol. The maximum atomic E-state index is 14.1. The molecule has 5 rings (SSSR count). The number of aromatic nitrogens is 1. The molecule has 5 aromatic rings. The molecule has 0 saturated carbocycles. The zero-order chi connectivity index (χ0) is 31.2. The Kier molecular flexibility index (Phi) is 9.30. The quantitative estimate of drug-likeness (QED) is 0.186. The van der Waals surface area contributed by atoms with Crippen LogP contribution < -0.4 is 25.1 Å². The van der Waals surface area contributed by atoms with Crippen molar-refractivity contribution < 1.29 is 23.8 Å². The Bertz CT molecular complexity index is 1850. The second kappa shape index (κ2) is 13.5. The van der Waals surface area contributed by atoms with Crippen LogP contribution in [0.5, 0.6) is 11.5 Å². The van der Waals surface area contributed by atoms with Crippen molar-refractivity contribution in [2.45, 2.75) is 20.0 Å². The van der Waals surface area contributed by atoms with Crippen LogP contribution in [0, 0.1) is 0 Å². The number of thiophene rings is 1. The summed E-state index contributed by atoms with van der Waals surface area (Å²) in [6.45, 7) is 2.20. The lowest BCUT2D eigenvalue weighted by Crippen LogP contribution is -2.37. The van der Waals surface area contributed by atoms with Crippen LogP contribution >= 0.6 is 11.3 Å². The maximum absolute atomic E-state index is 14.1. The smallest absolute Gasteiger partial charge is 0.343 e. The van der Waals surface area contributed by atoms with Crippen molar-refractivity contribution in [3.05, 3.63) is 112 Å². The fraction of sp³-hybridized carbons (Fsp3) is 0.206. The molecule has 0 aliphatic carbocycles. The summed E-state index contributed by atoms with van der Waals surface area (Å²) < 4.78 is 18.1. The summed E-state index contributed by atoms with van der Waals surface area (Å²) in [5, 5.41) is 3.33. The van der Waals surface area contributed by atoms with E-state index < -0.39 is 11.4 Å². The highest BCUT2D eigenvalue weighted by atomic mass is 32.1. The highest BCUT2D eigenvalue weighted by molar-refractivity contribution is 7.22. The van der Waals surface area contributed by atoms with Crippen LogP contribution in [0.1, 0.15) is 28.4 Å². The van der Waals surface area contributed by atoms with Gasteiger partial charge >= 0.3 is 12.0 Å². The number of methoxy groups -OCH3 is 2. The summed E-state index contributed by atoms with van der Waals surface area (Å²) in [4.78, 5) is 43.3. The minimum absolute atomic E-state index is 0.0492. The largest absolute Gasteiger partial charge is 0.497 e. The first-order chi connectivity index (χ1) is 21.4. The molecule has 0 spiro atoms. The summed E-state index contributed by atoms with van der Waals surface area (Å²) in [6, 6.07) is 24.0. The van der Waals surface area contributed by atoms with E-state index in [9.17, 15) is 14.4 Å². The fourth-order valence-corrected chi connectivity index (χ4v) is 6.28. The van der Waals surface area contributed by atoms with Gasteiger partial charge in [0.05, 0.1) is 32.8 Å². The number of hydrogen-bond donors (Lipinski definition) is 1. The van der Waals surface area contributed by atoms with Gasteiger partial charge in [-0.05, 0) is 55.0 Å². The molecule has 1 N–H and O–H groups in total. The van der Waals surface area contributed by atoms with Crippen molar-refractivity contribution in [2.75, 3.05) is 32.8 Å². The number of hydrogen-bond acceptors (Lipinski definition) is 7. The summed E-state index contributed by atoms with van der Waals surface area (Å²) >= 11 is 1.42. The molecule has 0 saturated heterocycles. The fourth-order valence-electron chi connectivity index (χ4n) is 4.98. The number of anilines is 1. The SMILES string of the molecule is CCOC(=O)c1cn(Cc2ccccc2OC)c2sc(-c3ccc(OC)cc3)c(CNC(=O)N(C)c3ccccc3)c2c1=O. The number of carbonyl (C=O) groups excluding carboxylic acids is 2. The first kappa shape index (κ1) is 30.4. The lowest BCUT2D eigenvalue weighted by atomic mass is 10.0. The normalized spacial score (nSPS) is 10.8. The Balaban J connectivity index is 1.69. The number of amides is 2. The molecule has 44 heavy (non-hydrogen) atoms. The number of pyridine rings is 1. The summed E-state index contributed by atoms with van der Waals surface area (Å²) in [5.41, 5.74) is 2.50. The Labute approximate surface area is 259 Å². The number of carbonyl (C=O) groups is 2. The number of rotatable bonds is 10. The Morgan fingerprint density at radius 3 is 2.32 bits per heavy atom. The van der Waals surface area contributed by atoms with E-state index in [-0.39, 0.29) is 24.7 Å². The van der Waals surface area contributed by atoms with E-state index in [0.29, 0.717) is 33.8 Å². The molecule has 2 aromatic heterocycles. The number of para-hydroxylation sites is 2. The first-order valence-corrected chi connectivity index (χ1v) is 14.9. The van der Waals surface area contributed by atoms with Crippen molar-refractivity contribution >= 4 is 39.2 Å². The van der Waals surface area contributed by atoms with Crippen LogP contribution in [0.2, 0.25) is 0 Å². The number of ether oxygens (including phenoxy) is 3. The third-order valence-corrected chi connectivity index (χ3v) is 8.57. The second-order valence-electron chi connectivity index (χ2n) is 9.90. The molecule has 10 heteroatoms. The van der Waals surface area contributed by atoms with Gasteiger partial charge < -0.3 is 24.1 Å². The van der Waals surface area contributed by atoms with Gasteiger partial charge in [0.25, 0.3) is 0 Å². The Hall–Kier alpha value is -5.09. The van der Waals surface area contributed by atoms with Crippen molar-refractivity contribution in [3.8, 4) is 21.9 Å². The maximum Gasteiger partial charge on any atom is 0.343 e. The topological polar surface area (TPSA) is 99.1 Å². The van der Waals surface area contributed by atoms with Gasteiger partial charge in [-0.2, -0.15) is 0 Å². The van der Waals surface area contributed by atoms with Gasteiger partial charge in [0.15, 0.2) is 0 Å². The van der Waals surface area contributed by atoms with Crippen molar-refractivity contribution in [1.29, 1.82) is 0 Å². The zero-order valence-electron chi connectivity index (χ0n) is 25.0. The van der Waals surface area contributed by atoms with Gasteiger partial charge in [-0.1, -0.05) is 36.4 Å². The van der Waals surface area contributed by atoms with Gasteiger partial charge in [-0.3, -0.25) is 9.69 Å². The molecule has 0 atom stereocenters. The van der Waals surface area contributed by atoms with E-state index in [1.54, 1.807) is 34.4 Å². The van der Waals surface area contributed by atoms with E-state index in [1.165, 1.54) is 16.2 Å². The summed E-state index contributed by atoms with van der Waals surface area (Å²) in [6.07, 6.45) is 1.55. The van der Waals surface area contributed by atoms with Gasteiger partial charge in [0, 0.05) is 41.5 Å². The Morgan fingerprint density at radius 2 is 1.64 bits per heavy atom. The van der Waals surface area contributed by atoms with Gasteiger partial charge in [-0.15, -0.1) is 11.3 Å². The average Bonchev–Trinajstić information content (AvgIpc) is 3.45. The van der Waals surface area contributed by atoms with E-state index in [0.717, 1.165) is 21.7 Å². The number of nitrogens with zero attached hydrogens (tertiary/aromatic N) is 2. The number of esters is 1. The molecular formula is C34H33N3O6S. The molecule has 2 amide bonds. The molecular weight excluding hydrogens is 578 g/mol. The van der Waals surface area contributed by atoms with Crippen LogP contribution in [0.25, 0.3) is 20.7 Å². The number of benzene rings is 3. The molecule has 0 fully saturated rings. The molecule has 0 aliphatic heterocycles. The third kappa shape index (κ3) is 6.16. The monoisotopic (exact) mass is 611 g/mol. The third-order valence-electron chi connectivity index (χ3n) is 7.25. The number of fused-ring (bicyclic) bond motifs is 1. The molecule has 2 heterocycles. The lowest BCUT2D eigenvalue weighted by molar-refractivity contribution is 0.0524. The molecule has 0 unspecified atom stereocenters. The average molecular weight is 612 g/mol. The van der Waals surface area contributed by atoms with Crippen LogP contribution in [-0.2, 0) is 17.8 Å². The summed E-state index contributed by atoms with van der Waals surface area (Å²) in [7, 11) is 4.88. The molecule has 0 aliphatic rings. The number of urea groups is 1. The van der Waals surface area contributed by atoms with Crippen molar-refractivity contribution in [2.24, 2.45) is 0 Å². The van der Waals surface area contributed by atoms with E-state index in [2.05, 4.69) is 5.32 Å². The molecule has 9 nitrogen and oxygen atoms in total. The number of nitrogens with one attached hydrogen (secondary N) is 1. The van der Waals surface area contributed by atoms with Crippen molar-refractivity contribution in [3.63, 3.8) is 0 Å². The second-order valence-corrected chi connectivity index (χ2v) is 10.9. The Morgan fingerprint density at radius 1 is 0.932 bits per heavy atom. The summed E-state index contributed by atoms with van der Waals surface area (Å²) in [5.74, 6) is 0.666. The van der Waals surface area contributed by atoms with Crippen LogP contribution in [-0.4, -0.2) is 44.4 Å². The van der Waals surface area contributed by atoms with Gasteiger partial charge in [-0.25, -0.2) is 9.59 Å².